The largest absolute Gasteiger partial charge is 0.493 e. The Morgan fingerprint density at radius 1 is 1.47 bits per heavy atom. The summed E-state index contributed by atoms with van der Waals surface area (Å²) in [6, 6.07) is 4.32. The number of halogens is 2. The second kappa shape index (κ2) is 4.03. The number of carbonyl (C=O) groups is 1. The van der Waals surface area contributed by atoms with Crippen molar-refractivity contribution in [2.24, 2.45) is 0 Å². The summed E-state index contributed by atoms with van der Waals surface area (Å²) in [6.07, 6.45) is 2.25. The van der Waals surface area contributed by atoms with Gasteiger partial charge in [0.15, 0.2) is 5.78 Å². The van der Waals surface area contributed by atoms with Gasteiger partial charge in [0.05, 0.1) is 12.7 Å². The molecule has 0 aromatic heterocycles. The summed E-state index contributed by atoms with van der Waals surface area (Å²) in [4.78, 5) is 11.1. The van der Waals surface area contributed by atoms with Crippen molar-refractivity contribution in [1.29, 1.82) is 0 Å². The molecule has 0 aliphatic carbocycles. The zero-order valence-electron chi connectivity index (χ0n) is 7.74. The number of ether oxygens (including phenoxy) is 1. The molecule has 1 aliphatic heterocycles. The van der Waals surface area contributed by atoms with Crippen LogP contribution in [-0.4, -0.2) is 5.78 Å². The van der Waals surface area contributed by atoms with Crippen LogP contribution in [0.15, 0.2) is 30.5 Å². The monoisotopic (exact) mass is 226 g/mol. The summed E-state index contributed by atoms with van der Waals surface area (Å²) in [5.41, 5.74) is 0.358. The van der Waals surface area contributed by atoms with Gasteiger partial charge in [0, 0.05) is 16.7 Å². The molecule has 2 nitrogen and oxygen atoms in total. The Hall–Kier alpha value is -1.35. The van der Waals surface area contributed by atoms with E-state index in [1.165, 1.54) is 24.5 Å². The maximum Gasteiger partial charge on any atom is 0.162 e. The van der Waals surface area contributed by atoms with Crippen molar-refractivity contribution in [2.45, 2.75) is 12.5 Å². The first kappa shape index (κ1) is 10.2. The van der Waals surface area contributed by atoms with Crippen LogP contribution in [-0.2, 0) is 9.53 Å². The van der Waals surface area contributed by atoms with Crippen molar-refractivity contribution in [3.8, 4) is 0 Å². The lowest BCUT2D eigenvalue weighted by atomic mass is 10.0. The van der Waals surface area contributed by atoms with Gasteiger partial charge in [-0.05, 0) is 12.1 Å². The van der Waals surface area contributed by atoms with Gasteiger partial charge in [-0.1, -0.05) is 17.7 Å². The fourth-order valence-electron chi connectivity index (χ4n) is 1.45. The van der Waals surface area contributed by atoms with Crippen LogP contribution in [0.2, 0.25) is 5.02 Å². The van der Waals surface area contributed by atoms with Gasteiger partial charge in [-0.2, -0.15) is 0 Å². The Kier molecular flexibility index (Phi) is 2.73. The van der Waals surface area contributed by atoms with Crippen molar-refractivity contribution in [2.75, 3.05) is 0 Å². The molecule has 0 bridgehead atoms. The fraction of sp³-hybridized carbons (Fsp3) is 0.182. The van der Waals surface area contributed by atoms with Gasteiger partial charge in [-0.3, -0.25) is 4.79 Å². The van der Waals surface area contributed by atoms with Crippen LogP contribution in [0.1, 0.15) is 18.1 Å². The first-order valence-corrected chi connectivity index (χ1v) is 4.84. The first-order chi connectivity index (χ1) is 7.16. The molecule has 1 unspecified atom stereocenters. The molecule has 1 aromatic rings. The van der Waals surface area contributed by atoms with Crippen molar-refractivity contribution in [3.05, 3.63) is 46.9 Å². The van der Waals surface area contributed by atoms with Crippen LogP contribution in [0.3, 0.4) is 0 Å². The SMILES string of the molecule is O=C1C=COC(c2ccc(Cl)cc2F)C1. The number of carbonyl (C=O) groups excluding carboxylic acids is 1. The summed E-state index contributed by atoms with van der Waals surface area (Å²) >= 11 is 5.62. The van der Waals surface area contributed by atoms with Crippen LogP contribution >= 0.6 is 11.6 Å². The van der Waals surface area contributed by atoms with E-state index in [1.807, 2.05) is 0 Å². The van der Waals surface area contributed by atoms with Gasteiger partial charge in [-0.15, -0.1) is 0 Å². The molecular formula is C11H8ClFO2. The highest BCUT2D eigenvalue weighted by Crippen LogP contribution is 2.28. The van der Waals surface area contributed by atoms with Gasteiger partial charge in [0.2, 0.25) is 0 Å². The molecule has 1 aromatic carbocycles. The van der Waals surface area contributed by atoms with E-state index in [0.717, 1.165) is 0 Å². The molecule has 1 aliphatic rings. The molecule has 0 amide bonds. The van der Waals surface area contributed by atoms with E-state index in [9.17, 15) is 9.18 Å². The molecular weight excluding hydrogens is 219 g/mol. The zero-order valence-corrected chi connectivity index (χ0v) is 8.50. The summed E-state index contributed by atoms with van der Waals surface area (Å²) in [7, 11) is 0. The van der Waals surface area contributed by atoms with Crippen molar-refractivity contribution >= 4 is 17.4 Å². The van der Waals surface area contributed by atoms with Gasteiger partial charge in [0.1, 0.15) is 11.9 Å². The summed E-state index contributed by atoms with van der Waals surface area (Å²) in [5.74, 6) is -0.517. The standard InChI is InChI=1S/C11H8ClFO2/c12-7-1-2-9(10(13)5-7)11-6-8(14)3-4-15-11/h1-5,11H,6H2. The normalized spacial score (nSPS) is 20.1. The summed E-state index contributed by atoms with van der Waals surface area (Å²) in [5, 5.41) is 0.328. The molecule has 1 atom stereocenters. The van der Waals surface area contributed by atoms with Crippen LogP contribution in [0.4, 0.5) is 4.39 Å². The molecule has 0 saturated carbocycles. The predicted molar refractivity (Wildman–Crippen MR) is 54.0 cm³/mol. The van der Waals surface area contributed by atoms with Crippen molar-refractivity contribution in [1.82, 2.24) is 0 Å². The lowest BCUT2D eigenvalue weighted by molar-refractivity contribution is -0.118. The number of rotatable bonds is 1. The average Bonchev–Trinajstić information content (AvgIpc) is 2.17. The minimum Gasteiger partial charge on any atom is -0.493 e. The van der Waals surface area contributed by atoms with Gasteiger partial charge in [-0.25, -0.2) is 4.39 Å². The Bertz CT molecular complexity index is 429. The second-order valence-electron chi connectivity index (χ2n) is 3.26. The zero-order chi connectivity index (χ0) is 10.8. The molecule has 0 fully saturated rings. The highest BCUT2D eigenvalue weighted by molar-refractivity contribution is 6.30. The van der Waals surface area contributed by atoms with Gasteiger partial charge < -0.3 is 4.74 Å². The summed E-state index contributed by atoms with van der Waals surface area (Å²) < 4.78 is 18.6. The number of hydrogen-bond acceptors (Lipinski definition) is 2. The Morgan fingerprint density at radius 2 is 2.27 bits per heavy atom. The quantitative estimate of drug-likeness (QED) is 0.736. The van der Waals surface area contributed by atoms with Crippen molar-refractivity contribution < 1.29 is 13.9 Å². The van der Waals surface area contributed by atoms with Crippen molar-refractivity contribution in [3.63, 3.8) is 0 Å². The topological polar surface area (TPSA) is 26.3 Å². The van der Waals surface area contributed by atoms with Gasteiger partial charge >= 0.3 is 0 Å². The Morgan fingerprint density at radius 3 is 2.93 bits per heavy atom. The molecule has 4 heteroatoms. The van der Waals surface area contributed by atoms with E-state index >= 15 is 0 Å². The smallest absolute Gasteiger partial charge is 0.162 e. The third kappa shape index (κ3) is 2.18. The van der Waals surface area contributed by atoms with Crippen LogP contribution in [0, 0.1) is 5.82 Å². The van der Waals surface area contributed by atoms with Crippen LogP contribution in [0.25, 0.3) is 0 Å². The maximum atomic E-state index is 13.5. The maximum absolute atomic E-state index is 13.5. The highest BCUT2D eigenvalue weighted by Gasteiger charge is 2.21. The Balaban J connectivity index is 2.30. The molecule has 0 radical (unpaired) electrons. The van der Waals surface area contributed by atoms with E-state index in [0.29, 0.717) is 10.6 Å². The molecule has 0 N–H and O–H groups in total. The Labute approximate surface area is 91.3 Å². The highest BCUT2D eigenvalue weighted by atomic mass is 35.5. The minimum atomic E-state index is -0.542. The van der Waals surface area contributed by atoms with E-state index in [-0.39, 0.29) is 12.2 Å². The second-order valence-corrected chi connectivity index (χ2v) is 3.70. The van der Waals surface area contributed by atoms with Crippen LogP contribution in [0.5, 0.6) is 0 Å². The molecule has 0 spiro atoms. The van der Waals surface area contributed by atoms with Gasteiger partial charge in [0.25, 0.3) is 0 Å². The first-order valence-electron chi connectivity index (χ1n) is 4.46. The van der Waals surface area contributed by atoms with Crippen LogP contribution < -0.4 is 0 Å². The summed E-state index contributed by atoms with van der Waals surface area (Å²) in [6.45, 7) is 0. The number of benzene rings is 1. The number of ketones is 1. The third-order valence-electron chi connectivity index (χ3n) is 2.19. The molecule has 0 saturated heterocycles. The molecule has 78 valence electrons. The lowest BCUT2D eigenvalue weighted by Gasteiger charge is -2.19. The van der Waals surface area contributed by atoms with E-state index in [2.05, 4.69) is 0 Å². The lowest BCUT2D eigenvalue weighted by Crippen LogP contribution is -2.12. The third-order valence-corrected chi connectivity index (χ3v) is 2.43. The average molecular weight is 227 g/mol. The fourth-order valence-corrected chi connectivity index (χ4v) is 1.61. The number of hydrogen-bond donors (Lipinski definition) is 0. The van der Waals surface area contributed by atoms with E-state index < -0.39 is 11.9 Å². The molecule has 15 heavy (non-hydrogen) atoms. The van der Waals surface area contributed by atoms with E-state index in [1.54, 1.807) is 6.07 Å². The predicted octanol–water partition coefficient (Wildman–Crippen LogP) is 3.02. The van der Waals surface area contributed by atoms with E-state index in [4.69, 9.17) is 16.3 Å². The molecule has 2 rings (SSSR count). The minimum absolute atomic E-state index is 0.0689. The molecule has 1 heterocycles. The number of allylic oxidation sites excluding steroid dienone is 1.